The first-order valence-electron chi connectivity index (χ1n) is 10.4. The summed E-state index contributed by atoms with van der Waals surface area (Å²) in [5.74, 6) is 1.08. The van der Waals surface area contributed by atoms with E-state index in [2.05, 4.69) is 53.6 Å². The van der Waals surface area contributed by atoms with Gasteiger partial charge in [0.2, 0.25) is 0 Å². The molecule has 2 aliphatic heterocycles. The minimum absolute atomic E-state index is 0.107. The predicted octanol–water partition coefficient (Wildman–Crippen LogP) is 3.90. The van der Waals surface area contributed by atoms with Crippen LogP contribution >= 0.6 is 0 Å². The maximum atomic E-state index is 11.7. The van der Waals surface area contributed by atoms with Gasteiger partial charge in [0, 0.05) is 43.8 Å². The Morgan fingerprint density at radius 2 is 1.96 bits per heavy atom. The first-order chi connectivity index (χ1) is 13.0. The van der Waals surface area contributed by atoms with Gasteiger partial charge >= 0.3 is 5.97 Å². The van der Waals surface area contributed by atoms with E-state index in [1.807, 2.05) is 0 Å². The summed E-state index contributed by atoms with van der Waals surface area (Å²) in [6.45, 7) is 10.9. The van der Waals surface area contributed by atoms with Crippen LogP contribution in [0.5, 0.6) is 5.75 Å². The lowest BCUT2D eigenvalue weighted by atomic mass is 9.84. The molecule has 28 heavy (non-hydrogen) atoms. The lowest BCUT2D eigenvalue weighted by molar-refractivity contribution is -0.160. The van der Waals surface area contributed by atoms with Crippen molar-refractivity contribution in [3.05, 3.63) is 22.3 Å². The van der Waals surface area contributed by atoms with Gasteiger partial charge in [-0.1, -0.05) is 13.8 Å². The lowest BCUT2D eigenvalue weighted by Crippen LogP contribution is -2.33. The first kappa shape index (κ1) is 21.0. The van der Waals surface area contributed by atoms with Crippen LogP contribution in [0.4, 0.5) is 5.69 Å². The quantitative estimate of drug-likeness (QED) is 0.774. The number of carbonyl (C=O) groups is 1. The van der Waals surface area contributed by atoms with Gasteiger partial charge in [0.1, 0.15) is 17.5 Å². The highest BCUT2D eigenvalue weighted by Crippen LogP contribution is 2.48. The third kappa shape index (κ3) is 4.00. The number of ether oxygens (including phenoxy) is 2. The van der Waals surface area contributed by atoms with E-state index < -0.39 is 6.10 Å². The van der Waals surface area contributed by atoms with Gasteiger partial charge in [-0.3, -0.25) is 4.79 Å². The van der Waals surface area contributed by atoms with Gasteiger partial charge in [-0.25, -0.2) is 0 Å². The molecule has 0 unspecified atom stereocenters. The number of nitrogens with zero attached hydrogens (tertiary/aromatic N) is 1. The average Bonchev–Trinajstić information content (AvgIpc) is 2.88. The van der Waals surface area contributed by atoms with Crippen molar-refractivity contribution in [1.29, 1.82) is 0 Å². The highest BCUT2D eigenvalue weighted by molar-refractivity contribution is 5.72. The Hall–Kier alpha value is -1.75. The molecule has 5 nitrogen and oxygen atoms in total. The minimum Gasteiger partial charge on any atom is -0.487 e. The molecule has 0 aliphatic carbocycles. The smallest absolute Gasteiger partial charge is 0.308 e. The molecule has 3 rings (SSSR count). The molecular weight excluding hydrogens is 354 g/mol. The summed E-state index contributed by atoms with van der Waals surface area (Å²) in [6.07, 6.45) is 2.18. The fourth-order valence-electron chi connectivity index (χ4n) is 4.83. The number of anilines is 1. The van der Waals surface area contributed by atoms with Crippen LogP contribution in [0.3, 0.4) is 0 Å². The van der Waals surface area contributed by atoms with E-state index in [9.17, 15) is 9.90 Å². The molecule has 0 amide bonds. The number of carbonyl (C=O) groups excluding carboxylic acids is 1. The Balaban J connectivity index is 2.02. The second-order valence-corrected chi connectivity index (χ2v) is 9.51. The topological polar surface area (TPSA) is 59.0 Å². The number of aliphatic hydroxyl groups excluding tert-OH is 1. The molecule has 1 fully saturated rings. The van der Waals surface area contributed by atoms with Gasteiger partial charge < -0.3 is 19.5 Å². The van der Waals surface area contributed by atoms with Gasteiger partial charge in [-0.2, -0.15) is 0 Å². The Morgan fingerprint density at radius 1 is 1.29 bits per heavy atom. The van der Waals surface area contributed by atoms with E-state index >= 15 is 0 Å². The SMILES string of the molecule is Cc1c2c(c(CC[C@H]3C[C@H](O)CC(=O)O3)c(C(C)C)c1N(C)C)OC(C)(C)C2. The standard InChI is InChI=1S/C23H35NO4/c1-13(2)20-17(9-8-16-10-15(25)11-19(26)27-16)22-18(12-23(4,5)28-22)14(3)21(20)24(6)7/h13,15-16,25H,8-12H2,1-7H3/t15-,16-/m0/s1. The lowest BCUT2D eigenvalue weighted by Gasteiger charge is -2.30. The second-order valence-electron chi connectivity index (χ2n) is 9.51. The number of fused-ring (bicyclic) bond motifs is 1. The highest BCUT2D eigenvalue weighted by atomic mass is 16.5. The molecule has 2 aliphatic rings. The zero-order valence-electron chi connectivity index (χ0n) is 18.4. The maximum absolute atomic E-state index is 11.7. The van der Waals surface area contributed by atoms with Crippen LogP contribution in [0, 0.1) is 6.92 Å². The van der Waals surface area contributed by atoms with E-state index in [0.29, 0.717) is 18.8 Å². The Morgan fingerprint density at radius 3 is 2.54 bits per heavy atom. The summed E-state index contributed by atoms with van der Waals surface area (Å²) >= 11 is 0. The Labute approximate surface area is 169 Å². The molecule has 0 aromatic heterocycles. The van der Waals surface area contributed by atoms with Crippen LogP contribution in [-0.4, -0.2) is 43.0 Å². The van der Waals surface area contributed by atoms with Crippen LogP contribution < -0.4 is 9.64 Å². The van der Waals surface area contributed by atoms with Crippen molar-refractivity contribution >= 4 is 11.7 Å². The number of cyclic esters (lactones) is 1. The molecule has 1 aromatic rings. The Kier molecular flexibility index (Phi) is 5.68. The third-order valence-electron chi connectivity index (χ3n) is 5.89. The fraction of sp³-hybridized carbons (Fsp3) is 0.696. The summed E-state index contributed by atoms with van der Waals surface area (Å²) in [6, 6.07) is 0. The normalized spacial score (nSPS) is 23.4. The summed E-state index contributed by atoms with van der Waals surface area (Å²) in [5, 5.41) is 9.93. The first-order valence-corrected chi connectivity index (χ1v) is 10.4. The monoisotopic (exact) mass is 389 g/mol. The number of hydrogen-bond acceptors (Lipinski definition) is 5. The van der Waals surface area contributed by atoms with Crippen LogP contribution in [0.2, 0.25) is 0 Å². The van der Waals surface area contributed by atoms with Crippen LogP contribution in [0.25, 0.3) is 0 Å². The largest absolute Gasteiger partial charge is 0.487 e. The molecule has 2 heterocycles. The van der Waals surface area contributed by atoms with Crippen LogP contribution in [0.15, 0.2) is 0 Å². The zero-order valence-corrected chi connectivity index (χ0v) is 18.4. The fourth-order valence-corrected chi connectivity index (χ4v) is 4.83. The van der Waals surface area contributed by atoms with Crippen molar-refractivity contribution in [2.75, 3.05) is 19.0 Å². The van der Waals surface area contributed by atoms with E-state index in [0.717, 1.165) is 18.6 Å². The average molecular weight is 390 g/mol. The number of hydrogen-bond donors (Lipinski definition) is 1. The van der Waals surface area contributed by atoms with Gasteiger partial charge in [0.25, 0.3) is 0 Å². The van der Waals surface area contributed by atoms with Crippen molar-refractivity contribution in [2.45, 2.75) is 90.4 Å². The summed E-state index contributed by atoms with van der Waals surface area (Å²) in [5.41, 5.74) is 6.23. The highest BCUT2D eigenvalue weighted by Gasteiger charge is 2.37. The van der Waals surface area contributed by atoms with E-state index in [1.165, 1.54) is 27.9 Å². The number of aliphatic hydroxyl groups is 1. The van der Waals surface area contributed by atoms with Gasteiger partial charge in [-0.05, 0) is 50.7 Å². The summed E-state index contributed by atoms with van der Waals surface area (Å²) in [4.78, 5) is 13.9. The molecule has 1 saturated heterocycles. The third-order valence-corrected chi connectivity index (χ3v) is 5.89. The van der Waals surface area contributed by atoms with Gasteiger partial charge in [-0.15, -0.1) is 0 Å². The van der Waals surface area contributed by atoms with Gasteiger partial charge in [0.15, 0.2) is 0 Å². The maximum Gasteiger partial charge on any atom is 0.308 e. The molecule has 0 radical (unpaired) electrons. The molecule has 0 saturated carbocycles. The molecule has 0 bridgehead atoms. The zero-order chi connectivity index (χ0) is 20.8. The van der Waals surface area contributed by atoms with Crippen LogP contribution in [-0.2, 0) is 22.4 Å². The molecule has 5 heteroatoms. The molecular formula is C23H35NO4. The summed E-state index contributed by atoms with van der Waals surface area (Å²) in [7, 11) is 4.20. The molecule has 0 spiro atoms. The van der Waals surface area contributed by atoms with Crippen LogP contribution in [0.1, 0.15) is 75.1 Å². The van der Waals surface area contributed by atoms with E-state index in [-0.39, 0.29) is 24.1 Å². The minimum atomic E-state index is -0.591. The molecule has 156 valence electrons. The van der Waals surface area contributed by atoms with Crippen molar-refractivity contribution in [3.8, 4) is 5.75 Å². The van der Waals surface area contributed by atoms with Crippen molar-refractivity contribution in [2.24, 2.45) is 0 Å². The predicted molar refractivity (Wildman–Crippen MR) is 111 cm³/mol. The number of esters is 1. The van der Waals surface area contributed by atoms with Crippen molar-refractivity contribution < 1.29 is 19.4 Å². The summed E-state index contributed by atoms with van der Waals surface area (Å²) < 4.78 is 11.9. The Bertz CT molecular complexity index is 767. The van der Waals surface area contributed by atoms with Crippen molar-refractivity contribution in [1.82, 2.24) is 0 Å². The molecule has 2 atom stereocenters. The number of rotatable bonds is 5. The van der Waals surface area contributed by atoms with E-state index in [1.54, 1.807) is 0 Å². The van der Waals surface area contributed by atoms with Crippen molar-refractivity contribution in [3.63, 3.8) is 0 Å². The molecule has 1 aromatic carbocycles. The van der Waals surface area contributed by atoms with Gasteiger partial charge in [0.05, 0.1) is 12.5 Å². The molecule has 1 N–H and O–H groups in total. The van der Waals surface area contributed by atoms with E-state index in [4.69, 9.17) is 9.47 Å². The second kappa shape index (κ2) is 7.58. The number of benzene rings is 1.